The average Bonchev–Trinajstić information content (AvgIpc) is 2.76. The third-order valence-electron chi connectivity index (χ3n) is 3.76. The molecule has 0 spiro atoms. The molecule has 0 saturated carbocycles. The molecule has 1 atom stereocenters. The second-order valence-electron chi connectivity index (χ2n) is 5.80. The van der Waals surface area contributed by atoms with E-state index in [1.54, 1.807) is 60.7 Å². The van der Waals surface area contributed by atoms with Gasteiger partial charge in [0.1, 0.15) is 17.4 Å². The topological polar surface area (TPSA) is 118 Å². The van der Waals surface area contributed by atoms with Crippen molar-refractivity contribution >= 4 is 23.9 Å². The van der Waals surface area contributed by atoms with Gasteiger partial charge in [0.2, 0.25) is 0 Å². The Morgan fingerprint density at radius 3 is 2.28 bits per heavy atom. The standard InChI is InChI=1S/C21H19N3O5/c1-14(19(25)23-24-20(26)16-6-4-3-5-7-16)29-21(27)17(13-22)12-15-8-10-18(28-2)11-9-15/h3-12,14H,1-2H3,(H,23,25)(H,24,26)/b17-12+/t14-/m1/s1. The average molecular weight is 393 g/mol. The van der Waals surface area contributed by atoms with Gasteiger partial charge in [-0.25, -0.2) is 4.79 Å². The number of benzene rings is 2. The summed E-state index contributed by atoms with van der Waals surface area (Å²) in [6.45, 7) is 1.32. The zero-order chi connectivity index (χ0) is 21.2. The summed E-state index contributed by atoms with van der Waals surface area (Å²) in [5, 5.41) is 9.21. The van der Waals surface area contributed by atoms with Gasteiger partial charge in [0, 0.05) is 5.56 Å². The van der Waals surface area contributed by atoms with Crippen molar-refractivity contribution in [3.8, 4) is 11.8 Å². The van der Waals surface area contributed by atoms with Gasteiger partial charge < -0.3 is 9.47 Å². The molecule has 148 valence electrons. The van der Waals surface area contributed by atoms with Crippen LogP contribution in [0, 0.1) is 11.3 Å². The van der Waals surface area contributed by atoms with Crippen molar-refractivity contribution in [3.63, 3.8) is 0 Å². The van der Waals surface area contributed by atoms with Crippen LogP contribution in [0.1, 0.15) is 22.8 Å². The first kappa shape index (κ1) is 21.2. The van der Waals surface area contributed by atoms with Crippen molar-refractivity contribution < 1.29 is 23.9 Å². The fourth-order valence-corrected chi connectivity index (χ4v) is 2.16. The Kier molecular flexibility index (Phi) is 7.51. The molecule has 0 aliphatic heterocycles. The van der Waals surface area contributed by atoms with Crippen molar-refractivity contribution in [2.45, 2.75) is 13.0 Å². The molecule has 0 aliphatic carbocycles. The lowest BCUT2D eigenvalue weighted by Crippen LogP contribution is -2.46. The molecular weight excluding hydrogens is 374 g/mol. The Bertz CT molecular complexity index is 947. The van der Waals surface area contributed by atoms with E-state index in [4.69, 9.17) is 9.47 Å². The number of carbonyl (C=O) groups excluding carboxylic acids is 3. The molecule has 8 heteroatoms. The van der Waals surface area contributed by atoms with E-state index >= 15 is 0 Å². The number of esters is 1. The molecule has 0 heterocycles. The Hall–Kier alpha value is -4.12. The van der Waals surface area contributed by atoms with E-state index in [2.05, 4.69) is 10.9 Å². The van der Waals surface area contributed by atoms with Gasteiger partial charge >= 0.3 is 5.97 Å². The van der Waals surface area contributed by atoms with Crippen molar-refractivity contribution in [1.29, 1.82) is 5.26 Å². The van der Waals surface area contributed by atoms with Crippen molar-refractivity contribution in [1.82, 2.24) is 10.9 Å². The van der Waals surface area contributed by atoms with Crippen molar-refractivity contribution in [2.75, 3.05) is 7.11 Å². The van der Waals surface area contributed by atoms with Crippen LogP contribution in [-0.2, 0) is 14.3 Å². The third-order valence-corrected chi connectivity index (χ3v) is 3.76. The first-order valence-corrected chi connectivity index (χ1v) is 8.56. The summed E-state index contributed by atoms with van der Waals surface area (Å²) in [4.78, 5) is 36.1. The maximum Gasteiger partial charge on any atom is 0.349 e. The molecule has 0 unspecified atom stereocenters. The van der Waals surface area contributed by atoms with E-state index in [-0.39, 0.29) is 5.57 Å². The summed E-state index contributed by atoms with van der Waals surface area (Å²) in [6.07, 6.45) is 0.107. The molecule has 0 bridgehead atoms. The molecule has 29 heavy (non-hydrogen) atoms. The molecule has 0 fully saturated rings. The van der Waals surface area contributed by atoms with Crippen LogP contribution in [0.5, 0.6) is 5.75 Å². The summed E-state index contributed by atoms with van der Waals surface area (Å²) in [5.41, 5.74) is 5.07. The van der Waals surface area contributed by atoms with Crippen LogP contribution in [0.25, 0.3) is 6.08 Å². The van der Waals surface area contributed by atoms with E-state index in [0.29, 0.717) is 16.9 Å². The Morgan fingerprint density at radius 2 is 1.69 bits per heavy atom. The molecule has 2 N–H and O–H groups in total. The van der Waals surface area contributed by atoms with Gasteiger partial charge in [-0.05, 0) is 42.8 Å². The predicted molar refractivity (Wildman–Crippen MR) is 104 cm³/mol. The molecule has 0 saturated heterocycles. The summed E-state index contributed by atoms with van der Waals surface area (Å²) >= 11 is 0. The van der Waals surface area contributed by atoms with Crippen LogP contribution in [0.15, 0.2) is 60.2 Å². The number of nitrogens with zero attached hydrogens (tertiary/aromatic N) is 1. The summed E-state index contributed by atoms with van der Waals surface area (Å²) in [5.74, 6) is -1.59. The van der Waals surface area contributed by atoms with Crippen LogP contribution < -0.4 is 15.6 Å². The normalized spacial score (nSPS) is 11.6. The maximum atomic E-state index is 12.2. The minimum atomic E-state index is -1.23. The maximum absolute atomic E-state index is 12.2. The van der Waals surface area contributed by atoms with Gasteiger partial charge in [-0.1, -0.05) is 30.3 Å². The van der Waals surface area contributed by atoms with E-state index in [9.17, 15) is 19.6 Å². The molecule has 2 aromatic rings. The van der Waals surface area contributed by atoms with Gasteiger partial charge in [0.25, 0.3) is 11.8 Å². The molecule has 0 aromatic heterocycles. The highest BCUT2D eigenvalue weighted by Gasteiger charge is 2.21. The number of carbonyl (C=O) groups is 3. The second-order valence-corrected chi connectivity index (χ2v) is 5.80. The third kappa shape index (κ3) is 6.22. The number of hydrogen-bond acceptors (Lipinski definition) is 6. The van der Waals surface area contributed by atoms with Gasteiger partial charge in [-0.2, -0.15) is 5.26 Å². The van der Waals surface area contributed by atoms with Crippen molar-refractivity contribution in [2.24, 2.45) is 0 Å². The zero-order valence-corrected chi connectivity index (χ0v) is 15.8. The highest BCUT2D eigenvalue weighted by atomic mass is 16.5. The van der Waals surface area contributed by atoms with Crippen LogP contribution in [0.2, 0.25) is 0 Å². The Labute approximate surface area is 167 Å². The molecule has 2 aromatic carbocycles. The highest BCUT2D eigenvalue weighted by Crippen LogP contribution is 2.14. The van der Waals surface area contributed by atoms with E-state index < -0.39 is 23.9 Å². The molecular formula is C21H19N3O5. The number of nitrogens with one attached hydrogen (secondary N) is 2. The molecule has 2 amide bonds. The highest BCUT2D eigenvalue weighted by molar-refractivity contribution is 5.99. The lowest BCUT2D eigenvalue weighted by atomic mass is 10.1. The number of hydrazine groups is 1. The fraction of sp³-hybridized carbons (Fsp3) is 0.143. The zero-order valence-electron chi connectivity index (χ0n) is 15.8. The van der Waals surface area contributed by atoms with Gasteiger partial charge in [0.05, 0.1) is 7.11 Å². The number of nitriles is 1. The Balaban J connectivity index is 1.93. The fourth-order valence-electron chi connectivity index (χ4n) is 2.16. The first-order chi connectivity index (χ1) is 13.9. The van der Waals surface area contributed by atoms with Crippen LogP contribution in [0.3, 0.4) is 0 Å². The molecule has 0 radical (unpaired) electrons. The monoisotopic (exact) mass is 393 g/mol. The molecule has 0 aliphatic rings. The van der Waals surface area contributed by atoms with Gasteiger partial charge in [-0.15, -0.1) is 0 Å². The number of methoxy groups -OCH3 is 1. The summed E-state index contributed by atoms with van der Waals surface area (Å²) in [7, 11) is 1.53. The largest absolute Gasteiger partial charge is 0.497 e. The smallest absolute Gasteiger partial charge is 0.349 e. The molecule has 8 nitrogen and oxygen atoms in total. The van der Waals surface area contributed by atoms with Crippen LogP contribution in [0.4, 0.5) is 0 Å². The Morgan fingerprint density at radius 1 is 1.03 bits per heavy atom. The lowest BCUT2D eigenvalue weighted by Gasteiger charge is -2.13. The molecule has 2 rings (SSSR count). The van der Waals surface area contributed by atoms with E-state index in [1.165, 1.54) is 20.1 Å². The predicted octanol–water partition coefficient (Wildman–Crippen LogP) is 2.00. The van der Waals surface area contributed by atoms with Crippen molar-refractivity contribution in [3.05, 3.63) is 71.3 Å². The number of amides is 2. The first-order valence-electron chi connectivity index (χ1n) is 8.56. The van der Waals surface area contributed by atoms with Crippen LogP contribution >= 0.6 is 0 Å². The SMILES string of the molecule is COc1ccc(/C=C(\C#N)C(=O)O[C@H](C)C(=O)NNC(=O)c2ccccc2)cc1. The number of hydrogen-bond donors (Lipinski definition) is 2. The summed E-state index contributed by atoms with van der Waals surface area (Å²) < 4.78 is 10.0. The van der Waals surface area contributed by atoms with E-state index in [0.717, 1.165) is 0 Å². The van der Waals surface area contributed by atoms with Gasteiger partial charge in [-0.3, -0.25) is 20.4 Å². The number of ether oxygens (including phenoxy) is 2. The van der Waals surface area contributed by atoms with Crippen LogP contribution in [-0.4, -0.2) is 31.0 Å². The second kappa shape index (κ2) is 10.3. The lowest BCUT2D eigenvalue weighted by molar-refractivity contribution is -0.151. The van der Waals surface area contributed by atoms with E-state index in [1.807, 2.05) is 0 Å². The quantitative estimate of drug-likeness (QED) is 0.335. The minimum absolute atomic E-state index is 0.275. The summed E-state index contributed by atoms with van der Waals surface area (Å²) in [6, 6.07) is 16.7. The minimum Gasteiger partial charge on any atom is -0.497 e. The number of rotatable bonds is 6. The van der Waals surface area contributed by atoms with Gasteiger partial charge in [0.15, 0.2) is 6.10 Å².